The number of sulfonamides is 1. The number of rotatable bonds is 5. The van der Waals surface area contributed by atoms with Crippen LogP contribution in [0.25, 0.3) is 0 Å². The van der Waals surface area contributed by atoms with Gasteiger partial charge in [-0.3, -0.25) is 4.98 Å². The van der Waals surface area contributed by atoms with Crippen molar-refractivity contribution in [1.82, 2.24) is 10.3 Å². The van der Waals surface area contributed by atoms with Gasteiger partial charge in [-0.1, -0.05) is 6.07 Å². The van der Waals surface area contributed by atoms with Gasteiger partial charge in [0.25, 0.3) is 10.0 Å². The number of hydrogen-bond donors (Lipinski definition) is 2. The summed E-state index contributed by atoms with van der Waals surface area (Å²) in [5.74, 6) is 0.506. The van der Waals surface area contributed by atoms with Crippen LogP contribution in [0.2, 0.25) is 0 Å². The lowest BCUT2D eigenvalue weighted by Gasteiger charge is -2.11. The Morgan fingerprint density at radius 1 is 1.37 bits per heavy atom. The molecule has 0 fully saturated rings. The zero-order valence-electron chi connectivity index (χ0n) is 10.4. The molecule has 6 nitrogen and oxygen atoms in total. The molecule has 1 atom stereocenters. The van der Waals surface area contributed by atoms with Crippen LogP contribution in [0.3, 0.4) is 0 Å². The maximum Gasteiger partial charge on any atom is 0.271 e. The third-order valence-electron chi connectivity index (χ3n) is 2.63. The maximum atomic E-state index is 11.1. The number of aromatic nitrogens is 1. The number of furan rings is 1. The molecule has 2 rings (SSSR count). The number of nitrogens with zero attached hydrogens (tertiary/aromatic N) is 1. The molecule has 0 bridgehead atoms. The van der Waals surface area contributed by atoms with E-state index in [4.69, 9.17) is 9.56 Å². The number of hydrogen-bond acceptors (Lipinski definition) is 5. The van der Waals surface area contributed by atoms with Gasteiger partial charge in [0.1, 0.15) is 5.76 Å². The number of nitrogens with one attached hydrogen (secondary N) is 1. The van der Waals surface area contributed by atoms with Gasteiger partial charge in [0.2, 0.25) is 5.09 Å². The van der Waals surface area contributed by atoms with Crippen molar-refractivity contribution in [1.29, 1.82) is 0 Å². The van der Waals surface area contributed by atoms with Gasteiger partial charge in [0.05, 0.1) is 12.2 Å². The Hall–Kier alpha value is -1.70. The highest BCUT2D eigenvalue weighted by Gasteiger charge is 2.13. The molecule has 2 heterocycles. The van der Waals surface area contributed by atoms with Gasteiger partial charge in [-0.05, 0) is 31.2 Å². The molecule has 0 radical (unpaired) electrons. The fraction of sp³-hybridized carbons (Fsp3) is 0.250. The molecule has 1 unspecified atom stereocenters. The SMILES string of the molecule is CC(NCc1ccc(S(N)(=O)=O)o1)c1ccccn1. The largest absolute Gasteiger partial charge is 0.447 e. The molecule has 0 aromatic carbocycles. The lowest BCUT2D eigenvalue weighted by molar-refractivity contribution is 0.392. The summed E-state index contributed by atoms with van der Waals surface area (Å²) in [7, 11) is -3.78. The van der Waals surface area contributed by atoms with E-state index >= 15 is 0 Å². The molecule has 2 aromatic rings. The monoisotopic (exact) mass is 281 g/mol. The van der Waals surface area contributed by atoms with Crippen LogP contribution in [0, 0.1) is 0 Å². The average Bonchev–Trinajstić information content (AvgIpc) is 2.86. The summed E-state index contributed by atoms with van der Waals surface area (Å²) in [5, 5.41) is 7.93. The number of pyridine rings is 1. The third-order valence-corrected chi connectivity index (χ3v) is 3.41. The molecule has 0 aliphatic rings. The molecule has 3 N–H and O–H groups in total. The van der Waals surface area contributed by atoms with Crippen molar-refractivity contribution in [3.8, 4) is 0 Å². The van der Waals surface area contributed by atoms with Crippen molar-refractivity contribution < 1.29 is 12.8 Å². The zero-order chi connectivity index (χ0) is 13.9. The Balaban J connectivity index is 1.98. The van der Waals surface area contributed by atoms with E-state index in [1.54, 1.807) is 12.3 Å². The van der Waals surface area contributed by atoms with Gasteiger partial charge < -0.3 is 9.73 Å². The lowest BCUT2D eigenvalue weighted by Crippen LogP contribution is -2.18. The predicted molar refractivity (Wildman–Crippen MR) is 69.6 cm³/mol. The summed E-state index contributed by atoms with van der Waals surface area (Å²) in [6.45, 7) is 2.36. The summed E-state index contributed by atoms with van der Waals surface area (Å²) in [5.41, 5.74) is 0.903. The second kappa shape index (κ2) is 5.52. The molecule has 7 heteroatoms. The first-order valence-corrected chi connectivity index (χ1v) is 7.27. The molecule has 0 saturated carbocycles. The quantitative estimate of drug-likeness (QED) is 0.857. The summed E-state index contributed by atoms with van der Waals surface area (Å²) in [6.07, 6.45) is 1.72. The molecule has 0 saturated heterocycles. The molecule has 0 aliphatic carbocycles. The number of nitrogens with two attached hydrogens (primary N) is 1. The maximum absolute atomic E-state index is 11.1. The minimum atomic E-state index is -3.78. The standard InChI is InChI=1S/C12H15N3O3S/c1-9(11-4-2-3-7-14-11)15-8-10-5-6-12(18-10)19(13,16)17/h2-7,9,15H,8H2,1H3,(H2,13,16,17). The average molecular weight is 281 g/mol. The fourth-order valence-electron chi connectivity index (χ4n) is 1.60. The molecule has 102 valence electrons. The first-order valence-electron chi connectivity index (χ1n) is 5.72. The summed E-state index contributed by atoms with van der Waals surface area (Å²) in [6, 6.07) is 8.63. The van der Waals surface area contributed by atoms with Gasteiger partial charge in [-0.25, -0.2) is 13.6 Å². The van der Waals surface area contributed by atoms with Crippen molar-refractivity contribution in [3.05, 3.63) is 48.0 Å². The topological polar surface area (TPSA) is 98.2 Å². The van der Waals surface area contributed by atoms with Crippen molar-refractivity contribution in [3.63, 3.8) is 0 Å². The van der Waals surface area contributed by atoms with Gasteiger partial charge in [0.15, 0.2) is 0 Å². The predicted octanol–water partition coefficient (Wildman–Crippen LogP) is 1.17. The molecular formula is C12H15N3O3S. The second-order valence-electron chi connectivity index (χ2n) is 4.12. The van der Waals surface area contributed by atoms with E-state index in [9.17, 15) is 8.42 Å². The van der Waals surface area contributed by atoms with Crippen molar-refractivity contribution in [2.75, 3.05) is 0 Å². The van der Waals surface area contributed by atoms with E-state index in [2.05, 4.69) is 10.3 Å². The van der Waals surface area contributed by atoms with E-state index < -0.39 is 10.0 Å². The smallest absolute Gasteiger partial charge is 0.271 e. The van der Waals surface area contributed by atoms with E-state index in [1.807, 2.05) is 25.1 Å². The molecular weight excluding hydrogens is 266 g/mol. The van der Waals surface area contributed by atoms with Crippen molar-refractivity contribution in [2.45, 2.75) is 24.6 Å². The Kier molecular flexibility index (Phi) is 3.98. The second-order valence-corrected chi connectivity index (χ2v) is 5.62. The van der Waals surface area contributed by atoms with Crippen molar-refractivity contribution >= 4 is 10.0 Å². The minimum Gasteiger partial charge on any atom is -0.447 e. The molecule has 19 heavy (non-hydrogen) atoms. The van der Waals surface area contributed by atoms with Gasteiger partial charge in [-0.2, -0.15) is 0 Å². The molecule has 0 aliphatic heterocycles. The van der Waals surface area contributed by atoms with Crippen LogP contribution in [-0.4, -0.2) is 13.4 Å². The third kappa shape index (κ3) is 3.63. The highest BCUT2D eigenvalue weighted by atomic mass is 32.2. The van der Waals surface area contributed by atoms with Crippen LogP contribution in [0.4, 0.5) is 0 Å². The van der Waals surface area contributed by atoms with Crippen molar-refractivity contribution in [2.24, 2.45) is 5.14 Å². The normalized spacial score (nSPS) is 13.4. The fourth-order valence-corrected chi connectivity index (χ4v) is 2.08. The summed E-state index contributed by atoms with van der Waals surface area (Å²) >= 11 is 0. The lowest BCUT2D eigenvalue weighted by atomic mass is 10.2. The number of primary sulfonamides is 1. The van der Waals surface area contributed by atoms with E-state index in [0.717, 1.165) is 5.69 Å². The Labute approximate surface area is 111 Å². The molecule has 0 amide bonds. The summed E-state index contributed by atoms with van der Waals surface area (Å²) < 4.78 is 27.3. The highest BCUT2D eigenvalue weighted by molar-refractivity contribution is 7.89. The minimum absolute atomic E-state index is 0.0317. The Bertz CT molecular complexity index is 637. The van der Waals surface area contributed by atoms with Crippen LogP contribution < -0.4 is 10.5 Å². The van der Waals surface area contributed by atoms with Gasteiger partial charge in [-0.15, -0.1) is 0 Å². The van der Waals surface area contributed by atoms with Crippen LogP contribution >= 0.6 is 0 Å². The van der Waals surface area contributed by atoms with Gasteiger partial charge >= 0.3 is 0 Å². The highest BCUT2D eigenvalue weighted by Crippen LogP contribution is 2.14. The van der Waals surface area contributed by atoms with Crippen LogP contribution in [-0.2, 0) is 16.6 Å². The van der Waals surface area contributed by atoms with Crippen LogP contribution in [0.15, 0.2) is 46.0 Å². The van der Waals surface area contributed by atoms with E-state index in [0.29, 0.717) is 12.3 Å². The van der Waals surface area contributed by atoms with Gasteiger partial charge in [0, 0.05) is 12.2 Å². The first kappa shape index (κ1) is 13.7. The van der Waals surface area contributed by atoms with E-state index in [1.165, 1.54) is 6.07 Å². The molecule has 0 spiro atoms. The molecule has 2 aromatic heterocycles. The van der Waals surface area contributed by atoms with E-state index in [-0.39, 0.29) is 11.1 Å². The Morgan fingerprint density at radius 2 is 2.16 bits per heavy atom. The first-order chi connectivity index (χ1) is 8.97. The Morgan fingerprint density at radius 3 is 2.74 bits per heavy atom. The van der Waals surface area contributed by atoms with Crippen LogP contribution in [0.1, 0.15) is 24.4 Å². The zero-order valence-corrected chi connectivity index (χ0v) is 11.2. The van der Waals surface area contributed by atoms with Crippen LogP contribution in [0.5, 0.6) is 0 Å². The summed E-state index contributed by atoms with van der Waals surface area (Å²) in [4.78, 5) is 4.23.